The van der Waals surface area contributed by atoms with Gasteiger partial charge in [-0.2, -0.15) is 0 Å². The van der Waals surface area contributed by atoms with Crippen LogP contribution in [0.5, 0.6) is 0 Å². The Morgan fingerprint density at radius 3 is 2.37 bits per heavy atom. The molecule has 298 valence electrons. The van der Waals surface area contributed by atoms with Crippen LogP contribution < -0.4 is 0 Å². The molecule has 1 N–H and O–H groups in total. The van der Waals surface area contributed by atoms with E-state index in [9.17, 15) is 24.3 Å². The number of halogens is 1. The molecule has 2 fully saturated rings. The first-order valence-electron chi connectivity index (χ1n) is 18.4. The van der Waals surface area contributed by atoms with Crippen molar-refractivity contribution in [1.29, 1.82) is 0 Å². The van der Waals surface area contributed by atoms with Crippen LogP contribution in [0.15, 0.2) is 5.11 Å². The minimum absolute atomic E-state index is 0.0146. The number of ether oxygens (including phenoxy) is 5. The highest BCUT2D eigenvalue weighted by Gasteiger charge is 2.54. The second-order valence-electron chi connectivity index (χ2n) is 14.9. The first-order valence-corrected chi connectivity index (χ1v) is 18.4. The van der Waals surface area contributed by atoms with E-state index in [1.54, 1.807) is 34.6 Å². The normalized spacial score (nSPS) is 26.8. The van der Waals surface area contributed by atoms with E-state index in [4.69, 9.17) is 29.2 Å². The van der Waals surface area contributed by atoms with Crippen LogP contribution in [-0.4, -0.2) is 133 Å². The number of amides is 1. The number of nitrogens with zero attached hydrogens (tertiary/aromatic N) is 5. The molecule has 1 amide bonds. The standard InChI is InChI=1S/C36H62FN5O10/c1-12-25(13-2)51-33(46)36(8,37)30(45)24(6)31(52-32-29(44)26(41(9)10)18-22(4)50-32)35(7,48-11)19-21(3)28(43)23(5)27-20-49-34(47)42(27)17-15-14-16-39-40-38/h21-27,29,31-32,44H,12-20H2,1-11H3/t21-,22?,23-,24?,26?,27+,29?,31-,32?,35+,36?/m1/s1. The van der Waals surface area contributed by atoms with Crippen molar-refractivity contribution in [3.8, 4) is 0 Å². The van der Waals surface area contributed by atoms with Crippen LogP contribution in [-0.2, 0) is 38.1 Å². The van der Waals surface area contributed by atoms with Crippen molar-refractivity contribution < 1.29 is 52.4 Å². The van der Waals surface area contributed by atoms with Gasteiger partial charge in [-0.1, -0.05) is 39.7 Å². The van der Waals surface area contributed by atoms with Crippen LogP contribution in [0.25, 0.3) is 10.4 Å². The second kappa shape index (κ2) is 20.0. The number of Topliss-reactive ketones (excluding diaryl/α,β-unsaturated/α-hetero) is 2. The predicted molar refractivity (Wildman–Crippen MR) is 190 cm³/mol. The number of azide groups is 1. The summed E-state index contributed by atoms with van der Waals surface area (Å²) in [6.45, 7) is 13.4. The Morgan fingerprint density at radius 1 is 1.17 bits per heavy atom. The van der Waals surface area contributed by atoms with Gasteiger partial charge in [-0.15, -0.1) is 0 Å². The van der Waals surface area contributed by atoms with E-state index < -0.39 is 77.5 Å². The van der Waals surface area contributed by atoms with Crippen LogP contribution in [0.4, 0.5) is 9.18 Å². The van der Waals surface area contributed by atoms with Crippen molar-refractivity contribution >= 4 is 23.6 Å². The summed E-state index contributed by atoms with van der Waals surface area (Å²) in [7, 11) is 5.01. The number of cyclic esters (lactones) is 1. The minimum atomic E-state index is -3.04. The Balaban J connectivity index is 2.44. The number of carbonyl (C=O) groups excluding carboxylic acids is 4. The Morgan fingerprint density at radius 2 is 1.81 bits per heavy atom. The Labute approximate surface area is 307 Å². The average Bonchev–Trinajstić information content (AvgIpc) is 3.48. The van der Waals surface area contributed by atoms with Gasteiger partial charge in [0.25, 0.3) is 5.67 Å². The predicted octanol–water partition coefficient (Wildman–Crippen LogP) is 5.01. The van der Waals surface area contributed by atoms with E-state index in [1.165, 1.54) is 18.9 Å². The summed E-state index contributed by atoms with van der Waals surface area (Å²) >= 11 is 0. The number of methoxy groups -OCH3 is 1. The number of hydrogen-bond acceptors (Lipinski definition) is 12. The maximum Gasteiger partial charge on any atom is 0.410 e. The highest BCUT2D eigenvalue weighted by Crippen LogP contribution is 2.38. The lowest BCUT2D eigenvalue weighted by Crippen LogP contribution is -2.60. The molecule has 2 heterocycles. The monoisotopic (exact) mass is 743 g/mol. The molecule has 2 rings (SSSR count). The van der Waals surface area contributed by atoms with Crippen molar-refractivity contribution in [3.63, 3.8) is 0 Å². The van der Waals surface area contributed by atoms with Gasteiger partial charge in [0.05, 0.1) is 23.9 Å². The van der Waals surface area contributed by atoms with Crippen molar-refractivity contribution in [1.82, 2.24) is 9.80 Å². The van der Waals surface area contributed by atoms with E-state index in [-0.39, 0.29) is 37.5 Å². The van der Waals surface area contributed by atoms with Gasteiger partial charge >= 0.3 is 12.1 Å². The lowest BCUT2D eigenvalue weighted by atomic mass is 9.75. The third kappa shape index (κ3) is 11.1. The van der Waals surface area contributed by atoms with E-state index in [1.807, 2.05) is 25.9 Å². The van der Waals surface area contributed by atoms with E-state index in [2.05, 4.69) is 10.0 Å². The third-order valence-electron chi connectivity index (χ3n) is 10.7. The zero-order valence-corrected chi connectivity index (χ0v) is 32.9. The number of likely N-dealkylation sites (N-methyl/N-ethyl adjacent to an activating group) is 1. The van der Waals surface area contributed by atoms with Crippen molar-refractivity contribution in [2.24, 2.45) is 22.9 Å². The lowest BCUT2D eigenvalue weighted by Gasteiger charge is -2.47. The molecule has 0 radical (unpaired) electrons. The average molecular weight is 744 g/mol. The minimum Gasteiger partial charge on any atom is -0.460 e. The SMILES string of the molecule is CCC(CC)OC(=O)C(C)(F)C(=O)C(C)[C@@H](OC1OC(C)CC(N(C)C)C1O)[C@](C)(C[C@@H](C)C(=O)[C@H](C)[C@@H]1COC(=O)N1CCCCN=[N+]=[N-])OC. The van der Waals surface area contributed by atoms with Gasteiger partial charge < -0.3 is 38.6 Å². The number of hydrogen-bond donors (Lipinski definition) is 1. The molecule has 0 aliphatic carbocycles. The summed E-state index contributed by atoms with van der Waals surface area (Å²) < 4.78 is 45.4. The van der Waals surface area contributed by atoms with E-state index in [0.717, 1.165) is 6.92 Å². The zero-order chi connectivity index (χ0) is 39.6. The number of ketones is 2. The molecule has 6 unspecified atom stereocenters. The zero-order valence-electron chi connectivity index (χ0n) is 32.9. The maximum atomic E-state index is 16.3. The summed E-state index contributed by atoms with van der Waals surface area (Å²) in [4.78, 5) is 59.7. The van der Waals surface area contributed by atoms with Gasteiger partial charge in [-0.25, -0.2) is 14.0 Å². The summed E-state index contributed by atoms with van der Waals surface area (Å²) in [6.07, 6.45) is -2.70. The van der Waals surface area contributed by atoms with Crippen LogP contribution in [0.1, 0.15) is 93.9 Å². The number of esters is 1. The molecule has 16 heteroatoms. The molecule has 0 aromatic carbocycles. The van der Waals surface area contributed by atoms with Gasteiger partial charge in [0.1, 0.15) is 24.6 Å². The van der Waals surface area contributed by atoms with Crippen LogP contribution in [0, 0.1) is 17.8 Å². The van der Waals surface area contributed by atoms with E-state index >= 15 is 4.39 Å². The summed E-state index contributed by atoms with van der Waals surface area (Å²) in [5.74, 6) is -5.34. The molecule has 2 aliphatic heterocycles. The topological polar surface area (TPSA) is 190 Å². The van der Waals surface area contributed by atoms with Crippen LogP contribution in [0.3, 0.4) is 0 Å². The molecule has 11 atom stereocenters. The number of carbonyl (C=O) groups is 4. The van der Waals surface area contributed by atoms with E-state index in [0.29, 0.717) is 38.6 Å². The quantitative estimate of drug-likeness (QED) is 0.0392. The molecular formula is C36H62FN5O10. The molecule has 0 aromatic rings. The molecule has 0 aromatic heterocycles. The lowest BCUT2D eigenvalue weighted by molar-refractivity contribution is -0.295. The first kappa shape index (κ1) is 45.3. The maximum absolute atomic E-state index is 16.3. The number of unbranched alkanes of at least 4 members (excludes halogenated alkanes) is 1. The number of aliphatic hydroxyl groups is 1. The summed E-state index contributed by atoms with van der Waals surface area (Å²) in [5.41, 5.74) is 4.02. The smallest absolute Gasteiger partial charge is 0.410 e. The molecule has 2 aliphatic rings. The molecule has 15 nitrogen and oxygen atoms in total. The van der Waals surface area contributed by atoms with Crippen molar-refractivity contribution in [2.45, 2.75) is 148 Å². The van der Waals surface area contributed by atoms with Gasteiger partial charge in [0.2, 0.25) is 0 Å². The second-order valence-corrected chi connectivity index (χ2v) is 14.9. The highest BCUT2D eigenvalue weighted by molar-refractivity contribution is 6.07. The number of rotatable bonds is 22. The first-order chi connectivity index (χ1) is 24.3. The Kier molecular flexibility index (Phi) is 17.4. The fourth-order valence-electron chi connectivity index (χ4n) is 7.28. The Hall–Kier alpha value is -2.88. The fraction of sp³-hybridized carbons (Fsp3) is 0.889. The highest BCUT2D eigenvalue weighted by atomic mass is 19.1. The molecule has 0 bridgehead atoms. The van der Waals surface area contributed by atoms with Gasteiger partial charge in [0, 0.05) is 48.9 Å². The van der Waals surface area contributed by atoms with Gasteiger partial charge in [-0.05, 0) is 78.9 Å². The van der Waals surface area contributed by atoms with Gasteiger partial charge in [0.15, 0.2) is 12.1 Å². The molecular weight excluding hydrogens is 681 g/mol. The van der Waals surface area contributed by atoms with Crippen molar-refractivity contribution in [3.05, 3.63) is 10.4 Å². The molecule has 2 saturated heterocycles. The summed E-state index contributed by atoms with van der Waals surface area (Å²) in [5, 5.41) is 14.9. The molecule has 0 spiro atoms. The van der Waals surface area contributed by atoms with Crippen molar-refractivity contribution in [2.75, 3.05) is 40.9 Å². The molecule has 0 saturated carbocycles. The third-order valence-corrected chi connectivity index (χ3v) is 10.7. The summed E-state index contributed by atoms with van der Waals surface area (Å²) in [6, 6.07) is -0.901. The number of alkyl halides is 1. The van der Waals surface area contributed by atoms with Crippen LogP contribution >= 0.6 is 0 Å². The van der Waals surface area contributed by atoms with Crippen LogP contribution in [0.2, 0.25) is 0 Å². The molecule has 52 heavy (non-hydrogen) atoms. The fourth-order valence-corrected chi connectivity index (χ4v) is 7.28. The Bertz CT molecular complexity index is 1260. The number of aliphatic hydroxyl groups excluding tert-OH is 1. The largest absolute Gasteiger partial charge is 0.460 e. The van der Waals surface area contributed by atoms with Gasteiger partial charge in [-0.3, -0.25) is 9.59 Å².